The molecule has 1 nitrogen and oxygen atoms in total. The molecule has 0 amide bonds. The maximum atomic E-state index is 13.5. The first-order valence-electron chi connectivity index (χ1n) is 6.24. The van der Waals surface area contributed by atoms with Crippen molar-refractivity contribution < 1.29 is 9.13 Å². The van der Waals surface area contributed by atoms with E-state index in [0.717, 1.165) is 16.7 Å². The highest BCUT2D eigenvalue weighted by molar-refractivity contribution is 9.09. The molecule has 0 saturated carbocycles. The number of aryl methyl sites for hydroxylation is 1. The van der Waals surface area contributed by atoms with Crippen LogP contribution in [0.25, 0.3) is 0 Å². The topological polar surface area (TPSA) is 9.23 Å². The van der Waals surface area contributed by atoms with E-state index in [2.05, 4.69) is 34.1 Å². The molecule has 3 rings (SSSR count). The molecule has 1 aliphatic heterocycles. The van der Waals surface area contributed by atoms with Crippen LogP contribution in [0.3, 0.4) is 0 Å². The van der Waals surface area contributed by atoms with E-state index in [1.165, 1.54) is 11.1 Å². The number of fused-ring (bicyclic) bond motifs is 1. The van der Waals surface area contributed by atoms with Crippen molar-refractivity contribution in [3.05, 3.63) is 70.0 Å². The Morgan fingerprint density at radius 1 is 1.05 bits per heavy atom. The van der Waals surface area contributed by atoms with Crippen LogP contribution in [-0.4, -0.2) is 0 Å². The van der Waals surface area contributed by atoms with Gasteiger partial charge in [-0.1, -0.05) is 40.2 Å². The van der Waals surface area contributed by atoms with Gasteiger partial charge >= 0.3 is 0 Å². The van der Waals surface area contributed by atoms with Crippen LogP contribution in [0.15, 0.2) is 36.4 Å². The van der Waals surface area contributed by atoms with Crippen molar-refractivity contribution in [2.75, 3.05) is 0 Å². The lowest BCUT2D eigenvalue weighted by atomic mass is 9.99. The van der Waals surface area contributed by atoms with Crippen molar-refractivity contribution in [1.29, 1.82) is 0 Å². The van der Waals surface area contributed by atoms with E-state index in [4.69, 9.17) is 4.74 Å². The van der Waals surface area contributed by atoms with Gasteiger partial charge in [0.1, 0.15) is 5.82 Å². The fourth-order valence-corrected chi connectivity index (χ4v) is 3.00. The van der Waals surface area contributed by atoms with Crippen LogP contribution in [0, 0.1) is 12.7 Å². The second kappa shape index (κ2) is 5.06. The first kappa shape index (κ1) is 12.8. The number of alkyl halides is 1. The summed E-state index contributed by atoms with van der Waals surface area (Å²) in [5, 5.41) is 0. The molecule has 0 radical (unpaired) electrons. The molecule has 0 bridgehead atoms. The molecule has 98 valence electrons. The number of hydrogen-bond acceptors (Lipinski definition) is 1. The van der Waals surface area contributed by atoms with Gasteiger partial charge in [0.05, 0.1) is 18.0 Å². The molecule has 0 saturated heterocycles. The van der Waals surface area contributed by atoms with Gasteiger partial charge in [-0.05, 0) is 46.9 Å². The van der Waals surface area contributed by atoms with Crippen molar-refractivity contribution in [3.63, 3.8) is 0 Å². The van der Waals surface area contributed by atoms with Gasteiger partial charge in [0.25, 0.3) is 0 Å². The minimum Gasteiger partial charge on any atom is -0.372 e. The molecule has 2 aromatic rings. The maximum Gasteiger partial charge on any atom is 0.123 e. The Labute approximate surface area is 120 Å². The van der Waals surface area contributed by atoms with Gasteiger partial charge in [0.15, 0.2) is 0 Å². The fraction of sp³-hybridized carbons (Fsp3) is 0.250. The Morgan fingerprint density at radius 2 is 1.84 bits per heavy atom. The lowest BCUT2D eigenvalue weighted by Gasteiger charge is -2.13. The molecular formula is C16H14BrFO. The van der Waals surface area contributed by atoms with Crippen LogP contribution in [-0.2, 0) is 18.0 Å². The van der Waals surface area contributed by atoms with E-state index in [9.17, 15) is 4.39 Å². The number of ether oxygens (including phenoxy) is 1. The summed E-state index contributed by atoms with van der Waals surface area (Å²) in [6.07, 6.45) is 0. The summed E-state index contributed by atoms with van der Waals surface area (Å²) in [5.41, 5.74) is 5.49. The van der Waals surface area contributed by atoms with Gasteiger partial charge in [0.2, 0.25) is 0 Å². The minimum absolute atomic E-state index is 0.00722. The average Bonchev–Trinajstić information content (AvgIpc) is 2.83. The van der Waals surface area contributed by atoms with Crippen molar-refractivity contribution in [2.24, 2.45) is 0 Å². The molecule has 0 aromatic heterocycles. The predicted molar refractivity (Wildman–Crippen MR) is 76.8 cm³/mol. The SMILES string of the molecule is Cc1cc(F)cc(C(Br)c2ccc3c(c2)COC3)c1. The van der Waals surface area contributed by atoms with E-state index in [1.807, 2.05) is 13.0 Å². The Hall–Kier alpha value is -1.19. The summed E-state index contributed by atoms with van der Waals surface area (Å²) in [5.74, 6) is -0.191. The molecule has 1 aliphatic rings. The predicted octanol–water partition coefficient (Wildman–Crippen LogP) is 4.65. The summed E-state index contributed by atoms with van der Waals surface area (Å²) < 4.78 is 18.9. The average molecular weight is 321 g/mol. The summed E-state index contributed by atoms with van der Waals surface area (Å²) in [6, 6.07) is 11.4. The van der Waals surface area contributed by atoms with Gasteiger partial charge in [-0.15, -0.1) is 0 Å². The van der Waals surface area contributed by atoms with E-state index in [0.29, 0.717) is 13.2 Å². The zero-order chi connectivity index (χ0) is 13.4. The summed E-state index contributed by atoms with van der Waals surface area (Å²) >= 11 is 3.66. The molecule has 0 N–H and O–H groups in total. The van der Waals surface area contributed by atoms with Gasteiger partial charge in [-0.3, -0.25) is 0 Å². The molecule has 1 heterocycles. The first-order chi connectivity index (χ1) is 9.13. The second-order valence-electron chi connectivity index (χ2n) is 4.95. The maximum absolute atomic E-state index is 13.5. The van der Waals surface area contributed by atoms with Gasteiger partial charge in [-0.2, -0.15) is 0 Å². The van der Waals surface area contributed by atoms with Crippen LogP contribution < -0.4 is 0 Å². The van der Waals surface area contributed by atoms with Crippen LogP contribution in [0.1, 0.15) is 32.6 Å². The molecule has 1 unspecified atom stereocenters. The third-order valence-electron chi connectivity index (χ3n) is 3.40. The minimum atomic E-state index is -0.191. The Morgan fingerprint density at radius 3 is 2.63 bits per heavy atom. The van der Waals surface area contributed by atoms with Gasteiger partial charge in [0, 0.05) is 0 Å². The van der Waals surface area contributed by atoms with E-state index < -0.39 is 0 Å². The standard InChI is InChI=1S/C16H14BrFO/c1-10-4-13(7-15(18)5-10)16(17)11-2-3-12-8-19-9-14(12)6-11/h2-7,16H,8-9H2,1H3. The summed E-state index contributed by atoms with van der Waals surface area (Å²) in [6.45, 7) is 3.27. The number of halogens is 2. The molecule has 0 spiro atoms. The van der Waals surface area contributed by atoms with E-state index in [1.54, 1.807) is 12.1 Å². The number of benzene rings is 2. The zero-order valence-electron chi connectivity index (χ0n) is 10.6. The van der Waals surface area contributed by atoms with E-state index in [-0.39, 0.29) is 10.6 Å². The fourth-order valence-electron chi connectivity index (χ4n) is 2.45. The lowest BCUT2D eigenvalue weighted by molar-refractivity contribution is 0.134. The monoisotopic (exact) mass is 320 g/mol. The summed E-state index contributed by atoms with van der Waals surface area (Å²) in [7, 11) is 0. The molecular weight excluding hydrogens is 307 g/mol. The smallest absolute Gasteiger partial charge is 0.123 e. The largest absolute Gasteiger partial charge is 0.372 e. The Bertz CT molecular complexity index is 604. The third kappa shape index (κ3) is 2.58. The van der Waals surface area contributed by atoms with Gasteiger partial charge < -0.3 is 4.74 Å². The van der Waals surface area contributed by atoms with Crippen LogP contribution in [0.5, 0.6) is 0 Å². The van der Waals surface area contributed by atoms with Crippen molar-refractivity contribution in [1.82, 2.24) is 0 Å². The second-order valence-corrected chi connectivity index (χ2v) is 5.86. The lowest BCUT2D eigenvalue weighted by Crippen LogP contribution is -1.96. The van der Waals surface area contributed by atoms with Crippen molar-refractivity contribution in [3.8, 4) is 0 Å². The third-order valence-corrected chi connectivity index (χ3v) is 4.45. The van der Waals surface area contributed by atoms with Gasteiger partial charge in [-0.25, -0.2) is 4.39 Å². The molecule has 19 heavy (non-hydrogen) atoms. The zero-order valence-corrected chi connectivity index (χ0v) is 12.2. The highest BCUT2D eigenvalue weighted by Gasteiger charge is 2.16. The highest BCUT2D eigenvalue weighted by Crippen LogP contribution is 2.34. The number of rotatable bonds is 2. The van der Waals surface area contributed by atoms with Crippen LogP contribution in [0.4, 0.5) is 4.39 Å². The Balaban J connectivity index is 1.97. The van der Waals surface area contributed by atoms with Crippen molar-refractivity contribution >= 4 is 15.9 Å². The quantitative estimate of drug-likeness (QED) is 0.732. The molecule has 0 fully saturated rings. The Kier molecular flexibility index (Phi) is 3.42. The molecule has 2 aromatic carbocycles. The van der Waals surface area contributed by atoms with Crippen LogP contribution in [0.2, 0.25) is 0 Å². The summed E-state index contributed by atoms with van der Waals surface area (Å²) in [4.78, 5) is 0.00722. The molecule has 0 aliphatic carbocycles. The van der Waals surface area contributed by atoms with Crippen molar-refractivity contribution in [2.45, 2.75) is 25.0 Å². The van der Waals surface area contributed by atoms with E-state index >= 15 is 0 Å². The highest BCUT2D eigenvalue weighted by atomic mass is 79.9. The number of hydrogen-bond donors (Lipinski definition) is 0. The molecule has 1 atom stereocenters. The normalized spacial score (nSPS) is 15.3. The first-order valence-corrected chi connectivity index (χ1v) is 7.15. The van der Waals surface area contributed by atoms with Crippen LogP contribution >= 0.6 is 15.9 Å². The molecule has 3 heteroatoms.